The summed E-state index contributed by atoms with van der Waals surface area (Å²) in [6, 6.07) is 10.4. The standard InChI is InChI=1S/C20H21N5S/c1-13-14(2)26-19-17(13)18-21-16(12-15-8-4-3-5-9-15)23-25(18)20(22-19)24-10-6-7-11-24/h3-5,8-9H,6-7,10-12H2,1-2H3. The van der Waals surface area contributed by atoms with E-state index in [0.29, 0.717) is 0 Å². The van der Waals surface area contributed by atoms with Crippen molar-refractivity contribution in [3.8, 4) is 0 Å². The molecule has 0 amide bonds. The minimum atomic E-state index is 0.742. The van der Waals surface area contributed by atoms with Crippen LogP contribution in [-0.4, -0.2) is 32.7 Å². The average Bonchev–Trinajstić information content (AvgIpc) is 3.35. The average molecular weight is 363 g/mol. The highest BCUT2D eigenvalue weighted by molar-refractivity contribution is 7.18. The Hall–Kier alpha value is -2.47. The number of rotatable bonds is 3. The second kappa shape index (κ2) is 6.06. The van der Waals surface area contributed by atoms with Crippen molar-refractivity contribution in [1.29, 1.82) is 0 Å². The predicted octanol–water partition coefficient (Wildman–Crippen LogP) is 4.15. The van der Waals surface area contributed by atoms with Crippen LogP contribution in [0.2, 0.25) is 0 Å². The smallest absolute Gasteiger partial charge is 0.229 e. The maximum absolute atomic E-state index is 4.99. The van der Waals surface area contributed by atoms with Crippen molar-refractivity contribution in [1.82, 2.24) is 19.6 Å². The first kappa shape index (κ1) is 15.8. The molecule has 4 aromatic rings. The van der Waals surface area contributed by atoms with Gasteiger partial charge >= 0.3 is 0 Å². The third-order valence-electron chi connectivity index (χ3n) is 5.23. The fraction of sp³-hybridized carbons (Fsp3) is 0.350. The molecule has 5 nitrogen and oxygen atoms in total. The van der Waals surface area contributed by atoms with E-state index in [2.05, 4.69) is 43.0 Å². The zero-order chi connectivity index (χ0) is 17.7. The molecule has 26 heavy (non-hydrogen) atoms. The molecule has 1 aliphatic heterocycles. The van der Waals surface area contributed by atoms with Gasteiger partial charge in [0, 0.05) is 24.4 Å². The summed E-state index contributed by atoms with van der Waals surface area (Å²) in [6.07, 6.45) is 3.18. The van der Waals surface area contributed by atoms with Gasteiger partial charge in [0.1, 0.15) is 4.83 Å². The minimum Gasteiger partial charge on any atom is -0.341 e. The van der Waals surface area contributed by atoms with E-state index in [0.717, 1.165) is 47.1 Å². The van der Waals surface area contributed by atoms with Crippen LogP contribution >= 0.6 is 11.3 Å². The van der Waals surface area contributed by atoms with Gasteiger partial charge in [-0.1, -0.05) is 30.3 Å². The molecule has 0 N–H and O–H groups in total. The second-order valence-electron chi connectivity index (χ2n) is 7.00. The van der Waals surface area contributed by atoms with Crippen LogP contribution in [0.15, 0.2) is 30.3 Å². The molecule has 1 aromatic carbocycles. The Morgan fingerprint density at radius 2 is 1.81 bits per heavy atom. The number of hydrogen-bond acceptors (Lipinski definition) is 5. The maximum atomic E-state index is 4.99. The maximum Gasteiger partial charge on any atom is 0.229 e. The lowest BCUT2D eigenvalue weighted by atomic mass is 10.1. The van der Waals surface area contributed by atoms with Crippen molar-refractivity contribution < 1.29 is 0 Å². The Balaban J connectivity index is 1.72. The third kappa shape index (κ3) is 2.48. The van der Waals surface area contributed by atoms with E-state index in [-0.39, 0.29) is 0 Å². The molecule has 3 aromatic heterocycles. The lowest BCUT2D eigenvalue weighted by Crippen LogP contribution is -2.22. The lowest BCUT2D eigenvalue weighted by molar-refractivity contribution is 0.818. The van der Waals surface area contributed by atoms with E-state index < -0.39 is 0 Å². The van der Waals surface area contributed by atoms with Crippen LogP contribution in [0.3, 0.4) is 0 Å². The quantitative estimate of drug-likeness (QED) is 0.549. The molecule has 0 saturated carbocycles. The van der Waals surface area contributed by atoms with E-state index >= 15 is 0 Å². The Morgan fingerprint density at radius 3 is 2.58 bits per heavy atom. The number of hydrogen-bond donors (Lipinski definition) is 0. The van der Waals surface area contributed by atoms with Crippen molar-refractivity contribution in [2.45, 2.75) is 33.1 Å². The number of anilines is 1. The first-order valence-corrected chi connectivity index (χ1v) is 9.96. The van der Waals surface area contributed by atoms with Gasteiger partial charge in [-0.3, -0.25) is 0 Å². The normalized spacial score (nSPS) is 14.8. The topological polar surface area (TPSA) is 46.3 Å². The molecule has 132 valence electrons. The highest BCUT2D eigenvalue weighted by Gasteiger charge is 2.23. The second-order valence-corrected chi connectivity index (χ2v) is 8.20. The van der Waals surface area contributed by atoms with Crippen molar-refractivity contribution in [2.24, 2.45) is 0 Å². The molecular weight excluding hydrogens is 342 g/mol. The van der Waals surface area contributed by atoms with Crippen LogP contribution in [0.1, 0.15) is 34.7 Å². The Bertz CT molecular complexity index is 1090. The number of fused-ring (bicyclic) bond motifs is 3. The molecule has 6 heteroatoms. The van der Waals surface area contributed by atoms with E-state index in [1.165, 1.54) is 28.8 Å². The summed E-state index contributed by atoms with van der Waals surface area (Å²) in [6.45, 7) is 6.42. The van der Waals surface area contributed by atoms with Gasteiger partial charge in [-0.05, 0) is 37.8 Å². The first-order valence-electron chi connectivity index (χ1n) is 9.15. The number of aromatic nitrogens is 4. The first-order chi connectivity index (χ1) is 12.7. The van der Waals surface area contributed by atoms with Crippen LogP contribution in [0.4, 0.5) is 5.95 Å². The number of nitrogens with zero attached hydrogens (tertiary/aromatic N) is 5. The van der Waals surface area contributed by atoms with E-state index in [1.807, 2.05) is 10.6 Å². The Labute approximate surface area is 156 Å². The summed E-state index contributed by atoms with van der Waals surface area (Å²) >= 11 is 1.76. The third-order valence-corrected chi connectivity index (χ3v) is 6.33. The number of benzene rings is 1. The van der Waals surface area contributed by atoms with Crippen molar-refractivity contribution >= 4 is 33.1 Å². The lowest BCUT2D eigenvalue weighted by Gasteiger charge is -2.16. The summed E-state index contributed by atoms with van der Waals surface area (Å²) in [5, 5.41) is 6.01. The molecule has 0 spiro atoms. The minimum absolute atomic E-state index is 0.742. The van der Waals surface area contributed by atoms with Gasteiger partial charge in [0.15, 0.2) is 11.5 Å². The van der Waals surface area contributed by atoms with Crippen LogP contribution in [0.25, 0.3) is 15.9 Å². The monoisotopic (exact) mass is 363 g/mol. The van der Waals surface area contributed by atoms with Gasteiger partial charge in [-0.25, -0.2) is 9.97 Å². The van der Waals surface area contributed by atoms with Crippen molar-refractivity contribution in [2.75, 3.05) is 18.0 Å². The zero-order valence-corrected chi connectivity index (χ0v) is 15.9. The molecule has 0 aliphatic carbocycles. The fourth-order valence-electron chi connectivity index (χ4n) is 3.72. The molecule has 0 radical (unpaired) electrons. The number of thiophene rings is 1. The highest BCUT2D eigenvalue weighted by Crippen LogP contribution is 2.34. The van der Waals surface area contributed by atoms with Gasteiger partial charge in [0.25, 0.3) is 0 Å². The molecule has 1 saturated heterocycles. The van der Waals surface area contributed by atoms with Crippen LogP contribution in [0, 0.1) is 13.8 Å². The summed E-state index contributed by atoms with van der Waals surface area (Å²) < 4.78 is 1.98. The summed E-state index contributed by atoms with van der Waals surface area (Å²) in [5.74, 6) is 1.80. The van der Waals surface area contributed by atoms with Crippen LogP contribution in [0.5, 0.6) is 0 Å². The van der Waals surface area contributed by atoms with Gasteiger partial charge in [0.2, 0.25) is 5.95 Å². The molecule has 1 aliphatic rings. The molecular formula is C20H21N5S. The molecule has 0 bridgehead atoms. The van der Waals surface area contributed by atoms with Gasteiger partial charge in [-0.15, -0.1) is 16.4 Å². The number of aryl methyl sites for hydroxylation is 2. The molecule has 5 rings (SSSR count). The van der Waals surface area contributed by atoms with Gasteiger partial charge < -0.3 is 4.90 Å². The van der Waals surface area contributed by atoms with Crippen molar-refractivity contribution in [3.63, 3.8) is 0 Å². The predicted molar refractivity (Wildman–Crippen MR) is 106 cm³/mol. The largest absolute Gasteiger partial charge is 0.341 e. The molecule has 4 heterocycles. The van der Waals surface area contributed by atoms with E-state index in [1.54, 1.807) is 11.3 Å². The fourth-order valence-corrected chi connectivity index (χ4v) is 4.74. The SMILES string of the molecule is Cc1sc2nc(N3CCCC3)n3nc(Cc4ccccc4)nc3c2c1C. The molecule has 0 unspecified atom stereocenters. The summed E-state index contributed by atoms with van der Waals surface area (Å²) in [4.78, 5) is 14.7. The Kier molecular flexibility index (Phi) is 3.67. The van der Waals surface area contributed by atoms with Crippen LogP contribution in [-0.2, 0) is 6.42 Å². The summed E-state index contributed by atoms with van der Waals surface area (Å²) in [7, 11) is 0. The van der Waals surface area contributed by atoms with Crippen LogP contribution < -0.4 is 4.90 Å². The molecule has 1 fully saturated rings. The van der Waals surface area contributed by atoms with E-state index in [9.17, 15) is 0 Å². The zero-order valence-electron chi connectivity index (χ0n) is 15.1. The van der Waals surface area contributed by atoms with E-state index in [4.69, 9.17) is 15.1 Å². The Morgan fingerprint density at radius 1 is 1.04 bits per heavy atom. The summed E-state index contributed by atoms with van der Waals surface area (Å²) in [5.41, 5.74) is 3.45. The van der Waals surface area contributed by atoms with Gasteiger partial charge in [0.05, 0.1) is 5.39 Å². The van der Waals surface area contributed by atoms with Crippen molar-refractivity contribution in [3.05, 3.63) is 52.2 Å². The molecule has 0 atom stereocenters. The highest BCUT2D eigenvalue weighted by atomic mass is 32.1. The van der Waals surface area contributed by atoms with Gasteiger partial charge in [-0.2, -0.15) is 4.52 Å².